The Morgan fingerprint density at radius 2 is 1.90 bits per heavy atom. The van der Waals surface area contributed by atoms with Crippen molar-refractivity contribution in [3.8, 4) is 0 Å². The lowest BCUT2D eigenvalue weighted by Crippen LogP contribution is -2.41. The summed E-state index contributed by atoms with van der Waals surface area (Å²) in [6.07, 6.45) is 6.07. The Morgan fingerprint density at radius 1 is 1.19 bits per heavy atom. The summed E-state index contributed by atoms with van der Waals surface area (Å²) in [5.41, 5.74) is 1.12. The number of hydrogen-bond donors (Lipinski definition) is 1. The Bertz CT molecular complexity index is 421. The highest BCUT2D eigenvalue weighted by Gasteiger charge is 2.29. The number of nitrogens with one attached hydrogen (secondary N) is 1. The molecule has 1 nitrogen and oxygen atoms in total. The van der Waals surface area contributed by atoms with Gasteiger partial charge < -0.3 is 5.32 Å². The van der Waals surface area contributed by atoms with Crippen molar-refractivity contribution in [2.24, 2.45) is 17.8 Å². The third-order valence-electron chi connectivity index (χ3n) is 4.79. The number of hydrogen-bond acceptors (Lipinski definition) is 1. The predicted octanol–water partition coefficient (Wildman–Crippen LogP) is 4.81. The van der Waals surface area contributed by atoms with Gasteiger partial charge >= 0.3 is 0 Å². The van der Waals surface area contributed by atoms with Gasteiger partial charge in [-0.1, -0.05) is 32.9 Å². The van der Waals surface area contributed by atoms with Crippen LogP contribution in [0.4, 0.5) is 4.39 Å². The average Bonchev–Trinajstić information content (AvgIpc) is 2.42. The molecule has 0 saturated heterocycles. The molecule has 0 spiro atoms. The molecule has 1 aromatic rings. The Morgan fingerprint density at radius 3 is 2.52 bits per heavy atom. The van der Waals surface area contributed by atoms with Crippen LogP contribution in [0.15, 0.2) is 24.3 Å². The van der Waals surface area contributed by atoms with Crippen molar-refractivity contribution in [1.29, 1.82) is 0 Å². The van der Waals surface area contributed by atoms with E-state index in [9.17, 15) is 4.39 Å². The van der Waals surface area contributed by atoms with E-state index in [1.165, 1.54) is 25.3 Å². The van der Waals surface area contributed by atoms with E-state index in [1.807, 2.05) is 6.07 Å². The van der Waals surface area contributed by atoms with E-state index < -0.39 is 0 Å². The quantitative estimate of drug-likeness (QED) is 0.793. The first-order chi connectivity index (χ1) is 10.1. The molecular weight excluding hydrogens is 261 g/mol. The van der Waals surface area contributed by atoms with Gasteiger partial charge in [0, 0.05) is 6.04 Å². The van der Waals surface area contributed by atoms with Crippen molar-refractivity contribution in [2.75, 3.05) is 6.54 Å². The van der Waals surface area contributed by atoms with E-state index in [0.717, 1.165) is 42.7 Å². The Labute approximate surface area is 129 Å². The maximum Gasteiger partial charge on any atom is 0.123 e. The van der Waals surface area contributed by atoms with Gasteiger partial charge in [-0.15, -0.1) is 0 Å². The van der Waals surface area contributed by atoms with Gasteiger partial charge in [0.1, 0.15) is 5.82 Å². The van der Waals surface area contributed by atoms with Crippen molar-refractivity contribution in [2.45, 2.75) is 58.9 Å². The van der Waals surface area contributed by atoms with Gasteiger partial charge in [-0.2, -0.15) is 0 Å². The third-order valence-corrected chi connectivity index (χ3v) is 4.79. The second-order valence-electron chi connectivity index (χ2n) is 7.07. The summed E-state index contributed by atoms with van der Waals surface area (Å²) in [4.78, 5) is 0. The van der Waals surface area contributed by atoms with Crippen LogP contribution in [-0.4, -0.2) is 12.6 Å². The highest BCUT2D eigenvalue weighted by molar-refractivity contribution is 5.17. The van der Waals surface area contributed by atoms with Gasteiger partial charge in [-0.05, 0) is 74.1 Å². The molecule has 21 heavy (non-hydrogen) atoms. The van der Waals surface area contributed by atoms with E-state index >= 15 is 0 Å². The van der Waals surface area contributed by atoms with E-state index in [0.29, 0.717) is 6.04 Å². The van der Waals surface area contributed by atoms with Crippen LogP contribution in [0.2, 0.25) is 0 Å². The normalized spacial score (nSPS) is 27.5. The molecule has 3 atom stereocenters. The minimum Gasteiger partial charge on any atom is -0.313 e. The summed E-state index contributed by atoms with van der Waals surface area (Å²) in [6, 6.07) is 7.59. The lowest BCUT2D eigenvalue weighted by Gasteiger charge is -2.37. The number of benzene rings is 1. The van der Waals surface area contributed by atoms with Crippen molar-refractivity contribution in [1.82, 2.24) is 5.32 Å². The van der Waals surface area contributed by atoms with Gasteiger partial charge in [0.05, 0.1) is 0 Å². The van der Waals surface area contributed by atoms with Crippen LogP contribution in [0.3, 0.4) is 0 Å². The van der Waals surface area contributed by atoms with Crippen molar-refractivity contribution >= 4 is 0 Å². The van der Waals surface area contributed by atoms with Gasteiger partial charge in [0.2, 0.25) is 0 Å². The highest BCUT2D eigenvalue weighted by Crippen LogP contribution is 2.35. The highest BCUT2D eigenvalue weighted by atomic mass is 19.1. The molecule has 1 N–H and O–H groups in total. The maximum atomic E-state index is 13.4. The zero-order chi connectivity index (χ0) is 15.2. The van der Waals surface area contributed by atoms with Crippen molar-refractivity contribution in [3.63, 3.8) is 0 Å². The zero-order valence-electron chi connectivity index (χ0n) is 13.7. The molecule has 2 rings (SSSR count). The van der Waals surface area contributed by atoms with E-state index in [2.05, 4.69) is 32.2 Å². The van der Waals surface area contributed by atoms with Gasteiger partial charge in [0.15, 0.2) is 0 Å². The largest absolute Gasteiger partial charge is 0.313 e. The van der Waals surface area contributed by atoms with Crippen LogP contribution >= 0.6 is 0 Å². The standard InChI is InChI=1S/C19H30FN/c1-4-8-21-19(13-16-6-5-7-18(20)12-16)17-10-14(2)9-15(3)11-17/h5-7,12,14-15,17,19,21H,4,8-11,13H2,1-3H3. The molecule has 1 saturated carbocycles. The molecule has 0 radical (unpaired) electrons. The third kappa shape index (κ3) is 5.10. The minimum absolute atomic E-state index is 0.118. The lowest BCUT2D eigenvalue weighted by atomic mass is 9.72. The molecule has 3 unspecified atom stereocenters. The fraction of sp³-hybridized carbons (Fsp3) is 0.684. The summed E-state index contributed by atoms with van der Waals surface area (Å²) in [6.45, 7) is 8.01. The molecule has 1 aliphatic rings. The fourth-order valence-electron chi connectivity index (χ4n) is 3.99. The molecule has 1 aromatic carbocycles. The Balaban J connectivity index is 2.06. The van der Waals surface area contributed by atoms with E-state index in [-0.39, 0.29) is 5.82 Å². The van der Waals surface area contributed by atoms with Gasteiger partial charge in [-0.3, -0.25) is 0 Å². The minimum atomic E-state index is -0.118. The fourth-order valence-corrected chi connectivity index (χ4v) is 3.99. The summed E-state index contributed by atoms with van der Waals surface area (Å²) < 4.78 is 13.4. The molecule has 0 aromatic heterocycles. The number of rotatable bonds is 6. The molecule has 0 bridgehead atoms. The van der Waals surface area contributed by atoms with Crippen molar-refractivity contribution in [3.05, 3.63) is 35.6 Å². The van der Waals surface area contributed by atoms with Crippen LogP contribution in [-0.2, 0) is 6.42 Å². The summed E-state index contributed by atoms with van der Waals surface area (Å²) >= 11 is 0. The molecular formula is C19H30FN. The first kappa shape index (κ1) is 16.5. The summed E-state index contributed by atoms with van der Waals surface area (Å²) in [5, 5.41) is 3.73. The van der Waals surface area contributed by atoms with Crippen molar-refractivity contribution < 1.29 is 4.39 Å². The lowest BCUT2D eigenvalue weighted by molar-refractivity contribution is 0.175. The van der Waals surface area contributed by atoms with Gasteiger partial charge in [0.25, 0.3) is 0 Å². The maximum absolute atomic E-state index is 13.4. The summed E-state index contributed by atoms with van der Waals surface area (Å²) in [5.74, 6) is 2.24. The van der Waals surface area contributed by atoms with Crippen LogP contribution in [0.1, 0.15) is 52.0 Å². The Hall–Kier alpha value is -0.890. The van der Waals surface area contributed by atoms with Crippen LogP contribution in [0.25, 0.3) is 0 Å². The molecule has 0 amide bonds. The topological polar surface area (TPSA) is 12.0 Å². The first-order valence-electron chi connectivity index (χ1n) is 8.56. The first-order valence-corrected chi connectivity index (χ1v) is 8.56. The van der Waals surface area contributed by atoms with E-state index in [1.54, 1.807) is 6.07 Å². The van der Waals surface area contributed by atoms with Crippen LogP contribution in [0, 0.1) is 23.6 Å². The molecule has 0 aliphatic heterocycles. The molecule has 1 aliphatic carbocycles. The van der Waals surface area contributed by atoms with Gasteiger partial charge in [-0.25, -0.2) is 4.39 Å². The number of halogens is 1. The predicted molar refractivity (Wildman–Crippen MR) is 87.9 cm³/mol. The molecule has 1 fully saturated rings. The summed E-state index contributed by atoms with van der Waals surface area (Å²) in [7, 11) is 0. The Kier molecular flexibility index (Phi) is 6.22. The smallest absolute Gasteiger partial charge is 0.123 e. The van der Waals surface area contributed by atoms with Crippen LogP contribution < -0.4 is 5.32 Å². The molecule has 0 heterocycles. The SMILES string of the molecule is CCCNC(Cc1cccc(F)c1)C1CC(C)CC(C)C1. The molecule has 118 valence electrons. The molecule has 2 heteroatoms. The zero-order valence-corrected chi connectivity index (χ0v) is 13.7. The van der Waals surface area contributed by atoms with Crippen LogP contribution in [0.5, 0.6) is 0 Å². The second-order valence-corrected chi connectivity index (χ2v) is 7.07. The average molecular weight is 291 g/mol. The van der Waals surface area contributed by atoms with E-state index in [4.69, 9.17) is 0 Å². The monoisotopic (exact) mass is 291 g/mol. The second kappa shape index (κ2) is 7.93.